The molecule has 2 aromatic carbocycles. The number of rotatable bonds is 6. The summed E-state index contributed by atoms with van der Waals surface area (Å²) in [5, 5.41) is 2.70. The Morgan fingerprint density at radius 1 is 1.14 bits per heavy atom. The lowest BCUT2D eigenvalue weighted by Gasteiger charge is -2.28. The highest BCUT2D eigenvalue weighted by molar-refractivity contribution is 6.10. The highest BCUT2D eigenvalue weighted by Gasteiger charge is 2.27. The van der Waals surface area contributed by atoms with Crippen molar-refractivity contribution in [3.63, 3.8) is 0 Å². The van der Waals surface area contributed by atoms with Crippen LogP contribution in [-0.4, -0.2) is 44.7 Å². The van der Waals surface area contributed by atoms with Crippen LogP contribution in [0.4, 0.5) is 11.4 Å². The van der Waals surface area contributed by atoms with Crippen molar-refractivity contribution in [1.82, 2.24) is 0 Å². The van der Waals surface area contributed by atoms with Gasteiger partial charge in [-0.15, -0.1) is 0 Å². The molecule has 0 aliphatic carbocycles. The third-order valence-electron chi connectivity index (χ3n) is 4.10. The van der Waals surface area contributed by atoms with Crippen molar-refractivity contribution in [1.29, 1.82) is 0 Å². The zero-order valence-corrected chi connectivity index (χ0v) is 15.6. The Balaban J connectivity index is 1.68. The molecule has 0 aromatic heterocycles. The van der Waals surface area contributed by atoms with E-state index < -0.39 is 18.5 Å². The zero-order valence-electron chi connectivity index (χ0n) is 15.6. The first kappa shape index (κ1) is 19.2. The Labute approximate surface area is 162 Å². The van der Waals surface area contributed by atoms with Gasteiger partial charge in [-0.3, -0.25) is 14.5 Å². The summed E-state index contributed by atoms with van der Waals surface area (Å²) in [6.07, 6.45) is 0. The predicted molar refractivity (Wildman–Crippen MR) is 102 cm³/mol. The molecule has 2 amide bonds. The molecule has 146 valence electrons. The lowest BCUT2D eigenvalue weighted by molar-refractivity contribution is -0.124. The van der Waals surface area contributed by atoms with E-state index in [-0.39, 0.29) is 18.0 Å². The monoisotopic (exact) mass is 384 g/mol. The summed E-state index contributed by atoms with van der Waals surface area (Å²) in [6.45, 7) is 1.67. The lowest BCUT2D eigenvalue weighted by Crippen LogP contribution is -2.44. The van der Waals surface area contributed by atoms with Gasteiger partial charge in [0, 0.05) is 0 Å². The Hall–Kier alpha value is -3.55. The fraction of sp³-hybridized carbons (Fsp3) is 0.250. The number of nitrogens with one attached hydrogen (secondary N) is 1. The maximum absolute atomic E-state index is 12.5. The smallest absolute Gasteiger partial charge is 0.338 e. The van der Waals surface area contributed by atoms with Crippen LogP contribution >= 0.6 is 0 Å². The Bertz CT molecular complexity index is 911. The van der Waals surface area contributed by atoms with Gasteiger partial charge in [0.25, 0.3) is 5.91 Å². The van der Waals surface area contributed by atoms with Crippen molar-refractivity contribution in [2.45, 2.75) is 6.92 Å². The van der Waals surface area contributed by atoms with Crippen LogP contribution in [0.25, 0.3) is 0 Å². The molecule has 8 nitrogen and oxygen atoms in total. The van der Waals surface area contributed by atoms with Crippen LogP contribution in [0.2, 0.25) is 0 Å². The molecule has 0 saturated heterocycles. The average molecular weight is 384 g/mol. The number of amides is 2. The van der Waals surface area contributed by atoms with E-state index in [9.17, 15) is 14.4 Å². The normalized spacial score (nSPS) is 12.6. The van der Waals surface area contributed by atoms with Gasteiger partial charge in [-0.25, -0.2) is 4.79 Å². The van der Waals surface area contributed by atoms with E-state index in [0.717, 1.165) is 0 Å². The Morgan fingerprint density at radius 3 is 2.68 bits per heavy atom. The molecule has 2 aromatic rings. The average Bonchev–Trinajstić information content (AvgIpc) is 2.71. The summed E-state index contributed by atoms with van der Waals surface area (Å²) in [5.41, 5.74) is 1.32. The number of anilines is 2. The third-order valence-corrected chi connectivity index (χ3v) is 4.10. The second-order valence-corrected chi connectivity index (χ2v) is 5.92. The number of methoxy groups -OCH3 is 1. The van der Waals surface area contributed by atoms with Gasteiger partial charge in [-0.1, -0.05) is 12.1 Å². The highest BCUT2D eigenvalue weighted by Crippen LogP contribution is 2.30. The van der Waals surface area contributed by atoms with Gasteiger partial charge in [-0.05, 0) is 37.3 Å². The first-order valence-electron chi connectivity index (χ1n) is 8.70. The number of ether oxygens (including phenoxy) is 3. The summed E-state index contributed by atoms with van der Waals surface area (Å²) >= 11 is 0. The largest absolute Gasteiger partial charge is 0.493 e. The molecule has 1 aliphatic rings. The summed E-state index contributed by atoms with van der Waals surface area (Å²) < 4.78 is 15.8. The van der Waals surface area contributed by atoms with Crippen LogP contribution in [0.15, 0.2) is 42.5 Å². The molecule has 0 bridgehead atoms. The molecule has 0 fully saturated rings. The van der Waals surface area contributed by atoms with Gasteiger partial charge in [0.1, 0.15) is 6.54 Å². The van der Waals surface area contributed by atoms with Crippen LogP contribution in [0.5, 0.6) is 11.5 Å². The zero-order chi connectivity index (χ0) is 20.1. The second kappa shape index (κ2) is 8.43. The molecular weight excluding hydrogens is 364 g/mol. The number of para-hydroxylation sites is 2. The maximum Gasteiger partial charge on any atom is 0.338 e. The summed E-state index contributed by atoms with van der Waals surface area (Å²) in [7, 11) is 1.47. The van der Waals surface area contributed by atoms with Crippen molar-refractivity contribution >= 4 is 29.2 Å². The number of fused-ring (bicyclic) bond motifs is 1. The SMILES string of the molecule is CCOc1ccc(C(=O)OCC(=O)N2CC(=O)Nc3ccccc32)cc1OC. The van der Waals surface area contributed by atoms with Crippen LogP contribution in [-0.2, 0) is 14.3 Å². The molecule has 1 aliphatic heterocycles. The van der Waals surface area contributed by atoms with Gasteiger partial charge in [-0.2, -0.15) is 0 Å². The minimum atomic E-state index is -0.676. The quantitative estimate of drug-likeness (QED) is 0.768. The molecule has 8 heteroatoms. The number of esters is 1. The van der Waals surface area contributed by atoms with Crippen molar-refractivity contribution in [3.05, 3.63) is 48.0 Å². The molecule has 3 rings (SSSR count). The minimum absolute atomic E-state index is 0.135. The van der Waals surface area contributed by atoms with Crippen molar-refractivity contribution in [3.8, 4) is 11.5 Å². The van der Waals surface area contributed by atoms with E-state index >= 15 is 0 Å². The number of hydrogen-bond acceptors (Lipinski definition) is 6. The summed E-state index contributed by atoms with van der Waals surface area (Å²) in [6, 6.07) is 11.6. The first-order chi connectivity index (χ1) is 13.5. The molecule has 0 radical (unpaired) electrons. The molecule has 0 saturated carbocycles. The van der Waals surface area contributed by atoms with E-state index in [0.29, 0.717) is 29.5 Å². The number of hydrogen-bond donors (Lipinski definition) is 1. The van der Waals surface area contributed by atoms with E-state index in [1.807, 2.05) is 6.92 Å². The second-order valence-electron chi connectivity index (χ2n) is 5.92. The third kappa shape index (κ3) is 4.06. The topological polar surface area (TPSA) is 94.2 Å². The van der Waals surface area contributed by atoms with Crippen LogP contribution in [0.1, 0.15) is 17.3 Å². The number of benzene rings is 2. The summed E-state index contributed by atoms with van der Waals surface area (Å²) in [4.78, 5) is 37.9. The van der Waals surface area contributed by atoms with Gasteiger partial charge < -0.3 is 19.5 Å². The number of carbonyl (C=O) groups excluding carboxylic acids is 3. The van der Waals surface area contributed by atoms with Gasteiger partial charge >= 0.3 is 5.97 Å². The number of carbonyl (C=O) groups is 3. The van der Waals surface area contributed by atoms with Gasteiger partial charge in [0.2, 0.25) is 5.91 Å². The van der Waals surface area contributed by atoms with E-state index in [1.165, 1.54) is 24.1 Å². The van der Waals surface area contributed by atoms with E-state index in [1.54, 1.807) is 30.3 Å². The fourth-order valence-corrected chi connectivity index (χ4v) is 2.81. The predicted octanol–water partition coefficient (Wildman–Crippen LogP) is 2.24. The maximum atomic E-state index is 12.5. The standard InChI is InChI=1S/C20H20N2O6/c1-3-27-16-9-8-13(10-17(16)26-2)20(25)28-12-19(24)22-11-18(23)21-14-6-4-5-7-15(14)22/h4-10H,3,11-12H2,1-2H3,(H,21,23). The Kier molecular flexibility index (Phi) is 5.78. The molecule has 28 heavy (non-hydrogen) atoms. The minimum Gasteiger partial charge on any atom is -0.493 e. The molecule has 0 unspecified atom stereocenters. The van der Waals surface area contributed by atoms with Gasteiger partial charge in [0.15, 0.2) is 18.1 Å². The first-order valence-corrected chi connectivity index (χ1v) is 8.70. The van der Waals surface area contributed by atoms with Crippen molar-refractivity contribution < 1.29 is 28.6 Å². The molecular formula is C20H20N2O6. The van der Waals surface area contributed by atoms with Crippen LogP contribution in [0.3, 0.4) is 0 Å². The lowest BCUT2D eigenvalue weighted by atomic mass is 10.2. The van der Waals surface area contributed by atoms with Crippen molar-refractivity contribution in [2.24, 2.45) is 0 Å². The van der Waals surface area contributed by atoms with Gasteiger partial charge in [0.05, 0.1) is 30.7 Å². The summed E-state index contributed by atoms with van der Waals surface area (Å²) in [5.74, 6) is -0.578. The van der Waals surface area contributed by atoms with E-state index in [4.69, 9.17) is 14.2 Å². The number of nitrogens with zero attached hydrogens (tertiary/aromatic N) is 1. The highest BCUT2D eigenvalue weighted by atomic mass is 16.5. The van der Waals surface area contributed by atoms with Crippen molar-refractivity contribution in [2.75, 3.05) is 37.1 Å². The molecule has 0 spiro atoms. The van der Waals surface area contributed by atoms with Crippen LogP contribution < -0.4 is 19.7 Å². The molecule has 1 heterocycles. The fourth-order valence-electron chi connectivity index (χ4n) is 2.81. The Morgan fingerprint density at radius 2 is 1.93 bits per heavy atom. The molecule has 1 N–H and O–H groups in total. The van der Waals surface area contributed by atoms with E-state index in [2.05, 4.69) is 5.32 Å². The molecule has 0 atom stereocenters. The van der Waals surface area contributed by atoms with Crippen LogP contribution in [0, 0.1) is 0 Å².